The van der Waals surface area contributed by atoms with E-state index >= 15 is 0 Å². The molecule has 0 aliphatic carbocycles. The van der Waals surface area contributed by atoms with Gasteiger partial charge in [0.05, 0.1) is 33.1 Å². The number of aromatic nitrogens is 3. The standard InChI is InChI=1S/C18H17ClN4O3S/c1-24-13-8-15(25-2)14(16(9-13)26-3)10-20-23-17(21-22-18(23)27)11-5-4-6-12(19)7-11/h4-10H,1-3H3,(H,22,27)/b20-10+. The number of ether oxygens (including phenoxy) is 3. The monoisotopic (exact) mass is 404 g/mol. The Morgan fingerprint density at radius 3 is 2.41 bits per heavy atom. The topological polar surface area (TPSA) is 73.7 Å². The molecular weight excluding hydrogens is 388 g/mol. The summed E-state index contributed by atoms with van der Waals surface area (Å²) in [4.78, 5) is 0. The predicted octanol–water partition coefficient (Wildman–Crippen LogP) is 4.17. The van der Waals surface area contributed by atoms with E-state index in [0.717, 1.165) is 5.56 Å². The molecule has 0 atom stereocenters. The minimum Gasteiger partial charge on any atom is -0.496 e. The average molecular weight is 405 g/mol. The first-order valence-corrected chi connectivity index (χ1v) is 8.63. The number of hydrogen-bond donors (Lipinski definition) is 1. The molecule has 9 heteroatoms. The van der Waals surface area contributed by atoms with Crippen molar-refractivity contribution in [3.05, 3.63) is 51.8 Å². The number of aromatic amines is 1. The van der Waals surface area contributed by atoms with Gasteiger partial charge in [0.25, 0.3) is 0 Å². The van der Waals surface area contributed by atoms with Crippen molar-refractivity contribution in [2.24, 2.45) is 5.10 Å². The molecule has 0 amide bonds. The lowest BCUT2D eigenvalue weighted by molar-refractivity contribution is 0.374. The summed E-state index contributed by atoms with van der Waals surface area (Å²) < 4.78 is 18.0. The Morgan fingerprint density at radius 1 is 1.11 bits per heavy atom. The van der Waals surface area contributed by atoms with Crippen LogP contribution in [0.25, 0.3) is 11.4 Å². The summed E-state index contributed by atoms with van der Waals surface area (Å²) >= 11 is 11.4. The number of methoxy groups -OCH3 is 3. The van der Waals surface area contributed by atoms with Gasteiger partial charge in [0.2, 0.25) is 4.77 Å². The van der Waals surface area contributed by atoms with Crippen molar-refractivity contribution in [3.8, 4) is 28.6 Å². The largest absolute Gasteiger partial charge is 0.496 e. The number of benzene rings is 2. The molecule has 0 saturated heterocycles. The van der Waals surface area contributed by atoms with Crippen LogP contribution in [0.4, 0.5) is 0 Å². The highest BCUT2D eigenvalue weighted by molar-refractivity contribution is 7.71. The Labute approximate surface area is 166 Å². The van der Waals surface area contributed by atoms with Crippen LogP contribution >= 0.6 is 23.8 Å². The van der Waals surface area contributed by atoms with Crippen molar-refractivity contribution < 1.29 is 14.2 Å². The van der Waals surface area contributed by atoms with Gasteiger partial charge >= 0.3 is 0 Å². The van der Waals surface area contributed by atoms with Crippen LogP contribution in [-0.4, -0.2) is 42.4 Å². The minimum absolute atomic E-state index is 0.340. The Kier molecular flexibility index (Phi) is 5.78. The minimum atomic E-state index is 0.340. The van der Waals surface area contributed by atoms with Crippen LogP contribution in [0.15, 0.2) is 41.5 Å². The maximum atomic E-state index is 6.08. The number of H-pyrrole nitrogens is 1. The summed E-state index contributed by atoms with van der Waals surface area (Å²) in [5.41, 5.74) is 1.42. The lowest BCUT2D eigenvalue weighted by Gasteiger charge is -2.12. The maximum absolute atomic E-state index is 6.08. The first-order chi connectivity index (χ1) is 13.1. The second-order valence-corrected chi connectivity index (χ2v) is 6.19. The van der Waals surface area contributed by atoms with E-state index in [9.17, 15) is 0 Å². The molecular formula is C18H17ClN4O3S. The van der Waals surface area contributed by atoms with Gasteiger partial charge in [-0.1, -0.05) is 23.7 Å². The third-order valence-electron chi connectivity index (χ3n) is 3.79. The third kappa shape index (κ3) is 3.96. The zero-order valence-corrected chi connectivity index (χ0v) is 16.5. The van der Waals surface area contributed by atoms with E-state index in [1.165, 1.54) is 4.68 Å². The van der Waals surface area contributed by atoms with Gasteiger partial charge in [-0.3, -0.25) is 0 Å². The highest BCUT2D eigenvalue weighted by Gasteiger charge is 2.13. The van der Waals surface area contributed by atoms with Crippen molar-refractivity contribution in [2.75, 3.05) is 21.3 Å². The molecule has 1 aromatic heterocycles. The van der Waals surface area contributed by atoms with Gasteiger partial charge in [0.1, 0.15) is 17.2 Å². The SMILES string of the molecule is COc1cc(OC)c(/C=N/n2c(-c3cccc(Cl)c3)n[nH]c2=S)c(OC)c1. The van der Waals surface area contributed by atoms with Crippen LogP contribution in [0.2, 0.25) is 5.02 Å². The lowest BCUT2D eigenvalue weighted by atomic mass is 10.2. The molecule has 27 heavy (non-hydrogen) atoms. The van der Waals surface area contributed by atoms with Crippen LogP contribution in [0, 0.1) is 4.77 Å². The lowest BCUT2D eigenvalue weighted by Crippen LogP contribution is -2.00. The Bertz CT molecular complexity index is 1020. The Hall–Kier alpha value is -2.84. The van der Waals surface area contributed by atoms with Crippen molar-refractivity contribution in [1.29, 1.82) is 0 Å². The quantitative estimate of drug-likeness (QED) is 0.493. The molecule has 3 aromatic rings. The third-order valence-corrected chi connectivity index (χ3v) is 4.29. The molecule has 3 rings (SSSR count). The fourth-order valence-electron chi connectivity index (χ4n) is 2.49. The van der Waals surface area contributed by atoms with Gasteiger partial charge in [-0.05, 0) is 24.4 Å². The predicted molar refractivity (Wildman–Crippen MR) is 107 cm³/mol. The number of nitrogens with zero attached hydrogens (tertiary/aromatic N) is 3. The summed E-state index contributed by atoms with van der Waals surface area (Å²) in [5, 5.41) is 12.0. The van der Waals surface area contributed by atoms with E-state index < -0.39 is 0 Å². The molecule has 0 bridgehead atoms. The second kappa shape index (κ2) is 8.24. The van der Waals surface area contributed by atoms with Gasteiger partial charge < -0.3 is 14.2 Å². The van der Waals surface area contributed by atoms with E-state index in [-0.39, 0.29) is 0 Å². The van der Waals surface area contributed by atoms with Crippen molar-refractivity contribution in [1.82, 2.24) is 14.9 Å². The first-order valence-electron chi connectivity index (χ1n) is 7.85. The molecule has 0 spiro atoms. The van der Waals surface area contributed by atoms with Gasteiger partial charge in [-0.2, -0.15) is 14.9 Å². The second-order valence-electron chi connectivity index (χ2n) is 5.36. The molecule has 1 heterocycles. The van der Waals surface area contributed by atoms with E-state index in [4.69, 9.17) is 38.0 Å². The van der Waals surface area contributed by atoms with Crippen molar-refractivity contribution in [2.45, 2.75) is 0 Å². The fraction of sp³-hybridized carbons (Fsp3) is 0.167. The van der Waals surface area contributed by atoms with Gasteiger partial charge in [0, 0.05) is 22.7 Å². The van der Waals surface area contributed by atoms with Crippen LogP contribution in [-0.2, 0) is 0 Å². The molecule has 0 unspecified atom stereocenters. The molecule has 2 aromatic carbocycles. The summed E-state index contributed by atoms with van der Waals surface area (Å²) in [5.74, 6) is 2.24. The molecule has 1 N–H and O–H groups in total. The van der Waals surface area contributed by atoms with Crippen molar-refractivity contribution >= 4 is 30.0 Å². The number of rotatable bonds is 6. The van der Waals surface area contributed by atoms with Gasteiger partial charge in [-0.25, -0.2) is 5.10 Å². The molecule has 7 nitrogen and oxygen atoms in total. The normalized spacial score (nSPS) is 11.0. The summed E-state index contributed by atoms with van der Waals surface area (Å²) in [7, 11) is 4.70. The molecule has 0 radical (unpaired) electrons. The zero-order chi connectivity index (χ0) is 19.4. The van der Waals surface area contributed by atoms with E-state index in [1.54, 1.807) is 51.8 Å². The average Bonchev–Trinajstić information content (AvgIpc) is 3.06. The van der Waals surface area contributed by atoms with Crippen LogP contribution < -0.4 is 14.2 Å². The molecule has 0 saturated carbocycles. The van der Waals surface area contributed by atoms with Gasteiger partial charge in [0.15, 0.2) is 5.82 Å². The summed E-state index contributed by atoms with van der Waals surface area (Å²) in [6, 6.07) is 10.8. The fourth-order valence-corrected chi connectivity index (χ4v) is 2.86. The molecule has 0 aliphatic heterocycles. The Morgan fingerprint density at radius 2 is 1.81 bits per heavy atom. The van der Waals surface area contributed by atoms with Crippen LogP contribution in [0.1, 0.15) is 5.56 Å². The van der Waals surface area contributed by atoms with E-state index in [2.05, 4.69) is 15.3 Å². The van der Waals surface area contributed by atoms with E-state index in [0.29, 0.717) is 38.4 Å². The smallest absolute Gasteiger partial charge is 0.216 e. The number of nitrogens with one attached hydrogen (secondary N) is 1. The van der Waals surface area contributed by atoms with Crippen LogP contribution in [0.5, 0.6) is 17.2 Å². The zero-order valence-electron chi connectivity index (χ0n) is 14.9. The highest BCUT2D eigenvalue weighted by atomic mass is 35.5. The van der Waals surface area contributed by atoms with E-state index in [1.807, 2.05) is 12.1 Å². The summed E-state index contributed by atoms with van der Waals surface area (Å²) in [6.45, 7) is 0. The molecule has 0 fully saturated rings. The van der Waals surface area contributed by atoms with Crippen molar-refractivity contribution in [3.63, 3.8) is 0 Å². The summed E-state index contributed by atoms with van der Waals surface area (Å²) in [6.07, 6.45) is 1.59. The first kappa shape index (κ1) is 18.9. The molecule has 140 valence electrons. The maximum Gasteiger partial charge on any atom is 0.216 e. The van der Waals surface area contributed by atoms with Crippen LogP contribution in [0.3, 0.4) is 0 Å². The highest BCUT2D eigenvalue weighted by Crippen LogP contribution is 2.32. The number of halogens is 1. The van der Waals surface area contributed by atoms with Gasteiger partial charge in [-0.15, -0.1) is 0 Å². The molecule has 0 aliphatic rings. The Balaban J connectivity index is 2.08. The number of hydrogen-bond acceptors (Lipinski definition) is 6.